The molecule has 0 aromatic carbocycles. The van der Waals surface area contributed by atoms with Gasteiger partial charge in [-0.2, -0.15) is 0 Å². The zero-order valence-electron chi connectivity index (χ0n) is 11.1. The van der Waals surface area contributed by atoms with Gasteiger partial charge in [0.05, 0.1) is 11.4 Å². The summed E-state index contributed by atoms with van der Waals surface area (Å²) < 4.78 is 0. The molecule has 0 aliphatic carbocycles. The van der Waals surface area contributed by atoms with Gasteiger partial charge in [-0.05, 0) is 26.7 Å². The quantitative estimate of drug-likeness (QED) is 0.877. The van der Waals surface area contributed by atoms with Gasteiger partial charge in [0.1, 0.15) is 5.82 Å². The molecule has 2 heterocycles. The molecule has 1 amide bonds. The largest absolute Gasteiger partial charge is 0.367 e. The van der Waals surface area contributed by atoms with Gasteiger partial charge >= 0.3 is 0 Å². The summed E-state index contributed by atoms with van der Waals surface area (Å²) in [6.07, 6.45) is 4.61. The SMILES string of the molecule is Cc1cnc(C)c(NCCN2CCCCC2=O)n1. The first-order valence-electron chi connectivity index (χ1n) is 6.48. The lowest BCUT2D eigenvalue weighted by Gasteiger charge is -2.26. The van der Waals surface area contributed by atoms with Crippen LogP contribution in [0.4, 0.5) is 5.82 Å². The lowest BCUT2D eigenvalue weighted by molar-refractivity contribution is -0.133. The van der Waals surface area contributed by atoms with E-state index in [1.54, 1.807) is 6.20 Å². The molecule has 1 aliphatic heterocycles. The maximum atomic E-state index is 11.6. The molecule has 1 aliphatic rings. The molecule has 1 aromatic heterocycles. The number of carbonyl (C=O) groups is 1. The Kier molecular flexibility index (Phi) is 4.12. The summed E-state index contributed by atoms with van der Waals surface area (Å²) in [5, 5.41) is 3.25. The van der Waals surface area contributed by atoms with Gasteiger partial charge in [-0.3, -0.25) is 9.78 Å². The van der Waals surface area contributed by atoms with Crippen LogP contribution in [0.5, 0.6) is 0 Å². The van der Waals surface area contributed by atoms with E-state index in [4.69, 9.17) is 0 Å². The number of amides is 1. The van der Waals surface area contributed by atoms with Gasteiger partial charge in [0, 0.05) is 32.3 Å². The second-order valence-electron chi connectivity index (χ2n) is 4.71. The van der Waals surface area contributed by atoms with Gasteiger partial charge in [-0.25, -0.2) is 4.98 Å². The molecule has 98 valence electrons. The molecule has 18 heavy (non-hydrogen) atoms. The van der Waals surface area contributed by atoms with E-state index in [-0.39, 0.29) is 5.91 Å². The molecule has 0 radical (unpaired) electrons. The van der Waals surface area contributed by atoms with Gasteiger partial charge in [-0.1, -0.05) is 0 Å². The van der Waals surface area contributed by atoms with Crippen LogP contribution in [-0.4, -0.2) is 40.4 Å². The van der Waals surface area contributed by atoms with E-state index in [9.17, 15) is 4.79 Å². The molecule has 0 atom stereocenters. The maximum absolute atomic E-state index is 11.6. The average molecular weight is 248 g/mol. The Bertz CT molecular complexity index is 433. The number of likely N-dealkylation sites (tertiary alicyclic amines) is 1. The minimum atomic E-state index is 0.273. The molecule has 1 N–H and O–H groups in total. The second-order valence-corrected chi connectivity index (χ2v) is 4.71. The Labute approximate surface area is 108 Å². The van der Waals surface area contributed by atoms with Crippen LogP contribution in [0.15, 0.2) is 6.20 Å². The lowest BCUT2D eigenvalue weighted by atomic mass is 10.1. The van der Waals surface area contributed by atoms with E-state index in [1.807, 2.05) is 18.7 Å². The fourth-order valence-electron chi connectivity index (χ4n) is 2.11. The molecule has 0 saturated carbocycles. The lowest BCUT2D eigenvalue weighted by Crippen LogP contribution is -2.38. The monoisotopic (exact) mass is 248 g/mol. The maximum Gasteiger partial charge on any atom is 0.222 e. The first-order valence-corrected chi connectivity index (χ1v) is 6.48. The van der Waals surface area contributed by atoms with E-state index in [0.717, 1.165) is 49.7 Å². The summed E-state index contributed by atoms with van der Waals surface area (Å²) in [5.74, 6) is 1.09. The Morgan fingerprint density at radius 1 is 1.39 bits per heavy atom. The van der Waals surface area contributed by atoms with Crippen LogP contribution in [0, 0.1) is 13.8 Å². The van der Waals surface area contributed by atoms with Crippen molar-refractivity contribution in [3.05, 3.63) is 17.6 Å². The average Bonchev–Trinajstić information content (AvgIpc) is 2.36. The number of piperidine rings is 1. The van der Waals surface area contributed by atoms with E-state index in [1.165, 1.54) is 0 Å². The van der Waals surface area contributed by atoms with Gasteiger partial charge in [0.25, 0.3) is 0 Å². The normalized spacial score (nSPS) is 15.9. The molecule has 0 unspecified atom stereocenters. The number of hydrogen-bond donors (Lipinski definition) is 1. The number of aromatic nitrogens is 2. The second kappa shape index (κ2) is 5.80. The van der Waals surface area contributed by atoms with Crippen LogP contribution in [0.25, 0.3) is 0 Å². The van der Waals surface area contributed by atoms with Gasteiger partial charge in [0.2, 0.25) is 5.91 Å². The fourth-order valence-corrected chi connectivity index (χ4v) is 2.11. The third kappa shape index (κ3) is 3.18. The van der Waals surface area contributed by atoms with Crippen LogP contribution in [0.3, 0.4) is 0 Å². The highest BCUT2D eigenvalue weighted by atomic mass is 16.2. The minimum Gasteiger partial charge on any atom is -0.367 e. The molecular weight excluding hydrogens is 228 g/mol. The summed E-state index contributed by atoms with van der Waals surface area (Å²) in [5.41, 5.74) is 1.79. The molecule has 5 nitrogen and oxygen atoms in total. The van der Waals surface area contributed by atoms with Crippen LogP contribution in [0.2, 0.25) is 0 Å². The van der Waals surface area contributed by atoms with Gasteiger partial charge in [-0.15, -0.1) is 0 Å². The van der Waals surface area contributed by atoms with Crippen molar-refractivity contribution in [2.75, 3.05) is 25.0 Å². The number of aryl methyl sites for hydroxylation is 2. The molecule has 1 saturated heterocycles. The van der Waals surface area contributed by atoms with Crippen LogP contribution in [0.1, 0.15) is 30.7 Å². The third-order valence-electron chi connectivity index (χ3n) is 3.17. The van der Waals surface area contributed by atoms with Crippen molar-refractivity contribution in [1.82, 2.24) is 14.9 Å². The van der Waals surface area contributed by atoms with Crippen molar-refractivity contribution in [3.8, 4) is 0 Å². The summed E-state index contributed by atoms with van der Waals surface area (Å²) in [7, 11) is 0. The smallest absolute Gasteiger partial charge is 0.222 e. The van der Waals surface area contributed by atoms with Gasteiger partial charge in [0.15, 0.2) is 0 Å². The van der Waals surface area contributed by atoms with Crippen molar-refractivity contribution in [3.63, 3.8) is 0 Å². The topological polar surface area (TPSA) is 58.1 Å². The number of carbonyl (C=O) groups excluding carboxylic acids is 1. The highest BCUT2D eigenvalue weighted by Gasteiger charge is 2.17. The predicted octanol–water partition coefficient (Wildman–Crippen LogP) is 1.52. The number of hydrogen-bond acceptors (Lipinski definition) is 4. The highest BCUT2D eigenvalue weighted by molar-refractivity contribution is 5.76. The predicted molar refractivity (Wildman–Crippen MR) is 70.4 cm³/mol. The summed E-state index contributed by atoms with van der Waals surface area (Å²) in [4.78, 5) is 22.2. The summed E-state index contributed by atoms with van der Waals surface area (Å²) in [6, 6.07) is 0. The molecule has 0 spiro atoms. The zero-order chi connectivity index (χ0) is 13.0. The first-order chi connectivity index (χ1) is 8.66. The number of nitrogens with one attached hydrogen (secondary N) is 1. The third-order valence-corrected chi connectivity index (χ3v) is 3.17. The molecule has 2 rings (SSSR count). The van der Waals surface area contributed by atoms with Crippen LogP contribution < -0.4 is 5.32 Å². The molecular formula is C13H20N4O. The molecule has 5 heteroatoms. The van der Waals surface area contributed by atoms with Crippen molar-refractivity contribution >= 4 is 11.7 Å². The van der Waals surface area contributed by atoms with Crippen molar-refractivity contribution in [2.45, 2.75) is 33.1 Å². The Morgan fingerprint density at radius 2 is 2.22 bits per heavy atom. The van der Waals surface area contributed by atoms with E-state index < -0.39 is 0 Å². The number of nitrogens with zero attached hydrogens (tertiary/aromatic N) is 3. The van der Waals surface area contributed by atoms with E-state index >= 15 is 0 Å². The zero-order valence-corrected chi connectivity index (χ0v) is 11.1. The van der Waals surface area contributed by atoms with Crippen molar-refractivity contribution in [2.24, 2.45) is 0 Å². The summed E-state index contributed by atoms with van der Waals surface area (Å²) in [6.45, 7) is 6.21. The number of rotatable bonds is 4. The standard InChI is InChI=1S/C13H20N4O/c1-10-9-15-11(2)13(16-10)14-6-8-17-7-4-3-5-12(17)18/h9H,3-8H2,1-2H3,(H,14,16). The Hall–Kier alpha value is -1.65. The molecule has 0 bridgehead atoms. The molecule has 1 fully saturated rings. The van der Waals surface area contributed by atoms with E-state index in [2.05, 4.69) is 15.3 Å². The summed E-state index contributed by atoms with van der Waals surface area (Å²) >= 11 is 0. The fraction of sp³-hybridized carbons (Fsp3) is 0.615. The highest BCUT2D eigenvalue weighted by Crippen LogP contribution is 2.11. The van der Waals surface area contributed by atoms with Crippen molar-refractivity contribution in [1.29, 1.82) is 0 Å². The molecule has 1 aromatic rings. The van der Waals surface area contributed by atoms with E-state index in [0.29, 0.717) is 6.42 Å². The first kappa shape index (κ1) is 12.8. The van der Waals surface area contributed by atoms with Crippen molar-refractivity contribution < 1.29 is 4.79 Å². The minimum absolute atomic E-state index is 0.273. The Morgan fingerprint density at radius 3 is 3.00 bits per heavy atom. The van der Waals surface area contributed by atoms with Crippen LogP contribution in [-0.2, 0) is 4.79 Å². The Balaban J connectivity index is 1.84. The van der Waals surface area contributed by atoms with Crippen LogP contribution >= 0.6 is 0 Å². The van der Waals surface area contributed by atoms with Gasteiger partial charge < -0.3 is 10.2 Å². The number of anilines is 1.